The highest BCUT2D eigenvalue weighted by Crippen LogP contribution is 2.19. The summed E-state index contributed by atoms with van der Waals surface area (Å²) in [5.74, 6) is 1.04. The lowest BCUT2D eigenvalue weighted by Gasteiger charge is -2.11. The minimum Gasteiger partial charge on any atom is -0.481 e. The van der Waals surface area contributed by atoms with Crippen molar-refractivity contribution in [2.75, 3.05) is 7.11 Å². The Kier molecular flexibility index (Phi) is 3.25. The molecule has 0 amide bonds. The molecule has 2 N–H and O–H groups in total. The Morgan fingerprint density at radius 3 is 2.62 bits per heavy atom. The highest BCUT2D eigenvalue weighted by Gasteiger charge is 2.08. The zero-order valence-corrected chi connectivity index (χ0v) is 8.37. The number of nitrogens with zero attached hydrogens (tertiary/aromatic N) is 1. The maximum Gasteiger partial charge on any atom is 0.213 e. The summed E-state index contributed by atoms with van der Waals surface area (Å²) >= 11 is 0. The van der Waals surface area contributed by atoms with E-state index in [9.17, 15) is 0 Å². The van der Waals surface area contributed by atoms with Crippen LogP contribution in [0.3, 0.4) is 0 Å². The van der Waals surface area contributed by atoms with Crippen molar-refractivity contribution in [1.82, 2.24) is 4.98 Å². The van der Waals surface area contributed by atoms with Crippen molar-refractivity contribution >= 4 is 0 Å². The van der Waals surface area contributed by atoms with Gasteiger partial charge in [0.1, 0.15) is 0 Å². The van der Waals surface area contributed by atoms with E-state index in [1.165, 1.54) is 0 Å². The molecule has 0 aliphatic heterocycles. The van der Waals surface area contributed by atoms with E-state index in [1.807, 2.05) is 12.1 Å². The van der Waals surface area contributed by atoms with Gasteiger partial charge >= 0.3 is 0 Å². The second kappa shape index (κ2) is 4.23. The maximum atomic E-state index is 5.60. The fraction of sp³-hybridized carbons (Fsp3) is 0.500. The molecule has 3 nitrogen and oxygen atoms in total. The summed E-state index contributed by atoms with van der Waals surface area (Å²) in [4.78, 5) is 4.36. The lowest BCUT2D eigenvalue weighted by atomic mass is 10.0. The summed E-state index contributed by atoms with van der Waals surface area (Å²) in [7, 11) is 1.62. The first-order valence-electron chi connectivity index (χ1n) is 4.43. The van der Waals surface area contributed by atoms with E-state index in [4.69, 9.17) is 10.5 Å². The monoisotopic (exact) mass is 180 g/mol. The average molecular weight is 180 g/mol. The second-order valence-corrected chi connectivity index (χ2v) is 3.26. The summed E-state index contributed by atoms with van der Waals surface area (Å²) in [6, 6.07) is 3.81. The first-order valence-corrected chi connectivity index (χ1v) is 4.43. The third-order valence-corrected chi connectivity index (χ3v) is 1.96. The molecule has 0 aliphatic carbocycles. The first kappa shape index (κ1) is 9.99. The molecule has 3 heteroatoms. The molecule has 0 aliphatic rings. The number of nitrogens with two attached hydrogens (primary N) is 1. The fourth-order valence-corrected chi connectivity index (χ4v) is 1.27. The van der Waals surface area contributed by atoms with Crippen molar-refractivity contribution in [3.8, 4) is 5.88 Å². The van der Waals surface area contributed by atoms with Crippen molar-refractivity contribution in [3.63, 3.8) is 0 Å². The van der Waals surface area contributed by atoms with Gasteiger partial charge in [0.25, 0.3) is 0 Å². The van der Waals surface area contributed by atoms with Crippen molar-refractivity contribution < 1.29 is 4.74 Å². The van der Waals surface area contributed by atoms with Gasteiger partial charge in [0, 0.05) is 12.6 Å². The van der Waals surface area contributed by atoms with E-state index in [0.29, 0.717) is 18.3 Å². The predicted molar refractivity (Wildman–Crippen MR) is 52.8 cm³/mol. The van der Waals surface area contributed by atoms with Crippen LogP contribution >= 0.6 is 0 Å². The van der Waals surface area contributed by atoms with Crippen molar-refractivity contribution in [2.24, 2.45) is 5.73 Å². The van der Waals surface area contributed by atoms with Crippen LogP contribution in [0.15, 0.2) is 12.1 Å². The van der Waals surface area contributed by atoms with Gasteiger partial charge in [0.15, 0.2) is 0 Å². The van der Waals surface area contributed by atoms with Crippen LogP contribution in [0.5, 0.6) is 5.88 Å². The lowest BCUT2D eigenvalue weighted by Crippen LogP contribution is -2.06. The number of aromatic nitrogens is 1. The minimum atomic E-state index is 0.383. The molecule has 1 rings (SSSR count). The predicted octanol–water partition coefficient (Wildman–Crippen LogP) is 1.67. The van der Waals surface area contributed by atoms with Gasteiger partial charge in [-0.15, -0.1) is 0 Å². The molecule has 0 unspecified atom stereocenters. The van der Waals surface area contributed by atoms with Crippen LogP contribution in [-0.4, -0.2) is 12.1 Å². The molecular weight excluding hydrogens is 164 g/mol. The molecule has 1 heterocycles. The van der Waals surface area contributed by atoms with E-state index in [-0.39, 0.29) is 0 Å². The van der Waals surface area contributed by atoms with Crippen LogP contribution < -0.4 is 10.5 Å². The van der Waals surface area contributed by atoms with Crippen LogP contribution in [0.1, 0.15) is 31.0 Å². The molecular formula is C10H16N2O. The topological polar surface area (TPSA) is 48.1 Å². The molecule has 1 aromatic rings. The standard InChI is InChI=1S/C10H16N2O/c1-7(2)10-8(6-11)4-5-9(12-10)13-3/h4-5,7H,6,11H2,1-3H3. The largest absolute Gasteiger partial charge is 0.481 e. The third kappa shape index (κ3) is 2.18. The average Bonchev–Trinajstić information content (AvgIpc) is 2.16. The van der Waals surface area contributed by atoms with Crippen LogP contribution in [0, 0.1) is 0 Å². The number of ether oxygens (including phenoxy) is 1. The van der Waals surface area contributed by atoms with E-state index < -0.39 is 0 Å². The highest BCUT2D eigenvalue weighted by molar-refractivity contribution is 5.27. The number of methoxy groups -OCH3 is 1. The summed E-state index contributed by atoms with van der Waals surface area (Å²) < 4.78 is 5.05. The van der Waals surface area contributed by atoms with Crippen LogP contribution in [0.25, 0.3) is 0 Å². The number of hydrogen-bond acceptors (Lipinski definition) is 3. The number of hydrogen-bond donors (Lipinski definition) is 1. The Bertz CT molecular complexity index is 284. The van der Waals surface area contributed by atoms with Gasteiger partial charge in [-0.05, 0) is 11.5 Å². The van der Waals surface area contributed by atoms with Gasteiger partial charge in [0.05, 0.1) is 12.8 Å². The van der Waals surface area contributed by atoms with E-state index in [0.717, 1.165) is 11.3 Å². The summed E-state index contributed by atoms with van der Waals surface area (Å²) in [5, 5.41) is 0. The summed E-state index contributed by atoms with van der Waals surface area (Å²) in [6.07, 6.45) is 0. The Balaban J connectivity index is 3.10. The molecule has 0 saturated heterocycles. The highest BCUT2D eigenvalue weighted by atomic mass is 16.5. The molecule has 0 saturated carbocycles. The fourth-order valence-electron chi connectivity index (χ4n) is 1.27. The van der Waals surface area contributed by atoms with Gasteiger partial charge in [-0.2, -0.15) is 0 Å². The van der Waals surface area contributed by atoms with Crippen LogP contribution in [-0.2, 0) is 6.54 Å². The van der Waals surface area contributed by atoms with Crippen molar-refractivity contribution in [3.05, 3.63) is 23.4 Å². The molecule has 0 fully saturated rings. The smallest absolute Gasteiger partial charge is 0.213 e. The van der Waals surface area contributed by atoms with Gasteiger partial charge in [-0.3, -0.25) is 0 Å². The van der Waals surface area contributed by atoms with E-state index in [2.05, 4.69) is 18.8 Å². The Labute approximate surface area is 78.9 Å². The zero-order chi connectivity index (χ0) is 9.84. The van der Waals surface area contributed by atoms with Crippen LogP contribution in [0.2, 0.25) is 0 Å². The molecule has 1 aromatic heterocycles. The van der Waals surface area contributed by atoms with Gasteiger partial charge in [-0.1, -0.05) is 19.9 Å². The Morgan fingerprint density at radius 2 is 2.15 bits per heavy atom. The minimum absolute atomic E-state index is 0.383. The van der Waals surface area contributed by atoms with Gasteiger partial charge in [0.2, 0.25) is 5.88 Å². The third-order valence-electron chi connectivity index (χ3n) is 1.96. The molecule has 0 radical (unpaired) electrons. The van der Waals surface area contributed by atoms with Crippen LogP contribution in [0.4, 0.5) is 0 Å². The molecule has 0 aromatic carbocycles. The quantitative estimate of drug-likeness (QED) is 0.769. The normalized spacial score (nSPS) is 10.5. The Hall–Kier alpha value is -1.09. The van der Waals surface area contributed by atoms with Crippen molar-refractivity contribution in [2.45, 2.75) is 26.3 Å². The molecule has 0 bridgehead atoms. The SMILES string of the molecule is COc1ccc(CN)c(C(C)C)n1. The first-order chi connectivity index (χ1) is 6.19. The van der Waals surface area contributed by atoms with Gasteiger partial charge < -0.3 is 10.5 Å². The van der Waals surface area contributed by atoms with Crippen molar-refractivity contribution in [1.29, 1.82) is 0 Å². The summed E-state index contributed by atoms with van der Waals surface area (Å²) in [5.41, 5.74) is 7.72. The number of rotatable bonds is 3. The maximum absolute atomic E-state index is 5.60. The zero-order valence-electron chi connectivity index (χ0n) is 8.37. The number of pyridine rings is 1. The van der Waals surface area contributed by atoms with E-state index in [1.54, 1.807) is 7.11 Å². The molecule has 72 valence electrons. The Morgan fingerprint density at radius 1 is 1.46 bits per heavy atom. The summed E-state index contributed by atoms with van der Waals surface area (Å²) in [6.45, 7) is 4.73. The van der Waals surface area contributed by atoms with E-state index >= 15 is 0 Å². The lowest BCUT2D eigenvalue weighted by molar-refractivity contribution is 0.395. The second-order valence-electron chi connectivity index (χ2n) is 3.26. The molecule has 13 heavy (non-hydrogen) atoms. The molecule has 0 atom stereocenters. The van der Waals surface area contributed by atoms with Gasteiger partial charge in [-0.25, -0.2) is 4.98 Å². The molecule has 0 spiro atoms.